The Bertz CT molecular complexity index is 1350. The summed E-state index contributed by atoms with van der Waals surface area (Å²) >= 11 is 3.09. The van der Waals surface area contributed by atoms with E-state index in [1.165, 1.54) is 11.3 Å². The summed E-state index contributed by atoms with van der Waals surface area (Å²) in [5.74, 6) is -0.999. The lowest BCUT2D eigenvalue weighted by Gasteiger charge is -2.30. The molecule has 3 N–H and O–H groups in total. The predicted molar refractivity (Wildman–Crippen MR) is 163 cm³/mol. The van der Waals surface area contributed by atoms with E-state index in [-0.39, 0.29) is 31.4 Å². The Morgan fingerprint density at radius 3 is 2.52 bits per heavy atom. The van der Waals surface area contributed by atoms with Crippen LogP contribution in [0.15, 0.2) is 24.3 Å². The van der Waals surface area contributed by atoms with Gasteiger partial charge in [-0.25, -0.2) is 9.78 Å². The normalized spacial score (nSPS) is 13.3. The zero-order valence-corrected chi connectivity index (χ0v) is 25.8. The van der Waals surface area contributed by atoms with E-state index >= 15 is 0 Å². The minimum atomic E-state index is -0.888. The number of carboxylic acid groups (broad SMARTS) is 1. The molecular formula is C29H38N4O7S2. The molecule has 0 aliphatic carbocycles. The van der Waals surface area contributed by atoms with Crippen LogP contribution in [-0.2, 0) is 36.8 Å². The third kappa shape index (κ3) is 9.20. The Hall–Kier alpha value is -3.10. The number of ether oxygens (including phenoxy) is 3. The van der Waals surface area contributed by atoms with Crippen LogP contribution in [0.5, 0.6) is 0 Å². The van der Waals surface area contributed by atoms with Crippen molar-refractivity contribution >= 4 is 55.9 Å². The van der Waals surface area contributed by atoms with Crippen LogP contribution in [0.3, 0.4) is 0 Å². The molecule has 0 fully saturated rings. The standard InChI is InChI=1S/C29H38N4O7S2/c1-29(2,3)40-28(37)33-13-9-19-22(18-33)42-27(25(19)26-31-20-6-4-5-7-21(20)41-26)32-23(34)8-11-30-12-15-39-17-16-38-14-10-24(35)36/h4-7,30H,8-18H2,1-3H3,(H,32,34)(H,35,36). The Morgan fingerprint density at radius 2 is 1.79 bits per heavy atom. The van der Waals surface area contributed by atoms with Crippen molar-refractivity contribution in [2.75, 3.05) is 51.4 Å². The molecule has 11 nitrogen and oxygen atoms in total. The predicted octanol–water partition coefficient (Wildman–Crippen LogP) is 4.74. The summed E-state index contributed by atoms with van der Waals surface area (Å²) in [6.07, 6.45) is 0.571. The lowest BCUT2D eigenvalue weighted by Crippen LogP contribution is -2.39. The number of thiophene rings is 1. The topological polar surface area (TPSA) is 139 Å². The van der Waals surface area contributed by atoms with Crippen molar-refractivity contribution in [3.8, 4) is 10.6 Å². The maximum atomic E-state index is 13.0. The molecule has 0 spiro atoms. The number of para-hydroxylation sites is 1. The number of aromatic nitrogens is 1. The van der Waals surface area contributed by atoms with E-state index in [0.717, 1.165) is 36.2 Å². The van der Waals surface area contributed by atoms with Gasteiger partial charge >= 0.3 is 12.1 Å². The maximum Gasteiger partial charge on any atom is 0.410 e. The van der Waals surface area contributed by atoms with Gasteiger partial charge in [-0.3, -0.25) is 9.59 Å². The number of amides is 2. The SMILES string of the molecule is CC(C)(C)OC(=O)N1CCc2c(sc(NC(=O)CCNCCOCCOCCC(=O)O)c2-c2nc3ccccc3s2)C1. The summed E-state index contributed by atoms with van der Waals surface area (Å²) in [7, 11) is 0. The fourth-order valence-corrected chi connectivity index (χ4v) is 6.71. The van der Waals surface area contributed by atoms with Gasteiger partial charge in [0.15, 0.2) is 0 Å². The molecule has 0 saturated carbocycles. The van der Waals surface area contributed by atoms with Gasteiger partial charge in [0.2, 0.25) is 5.91 Å². The van der Waals surface area contributed by atoms with Gasteiger partial charge in [-0.2, -0.15) is 0 Å². The summed E-state index contributed by atoms with van der Waals surface area (Å²) in [5.41, 5.74) is 2.41. The Morgan fingerprint density at radius 1 is 1.02 bits per heavy atom. The van der Waals surface area contributed by atoms with Gasteiger partial charge in [-0.15, -0.1) is 22.7 Å². The van der Waals surface area contributed by atoms with Crippen LogP contribution in [0.25, 0.3) is 20.8 Å². The third-order valence-electron chi connectivity index (χ3n) is 6.25. The van der Waals surface area contributed by atoms with E-state index in [4.69, 9.17) is 24.3 Å². The second-order valence-corrected chi connectivity index (χ2v) is 12.9. The number of rotatable bonds is 14. The van der Waals surface area contributed by atoms with Gasteiger partial charge in [0.1, 0.15) is 15.6 Å². The van der Waals surface area contributed by atoms with Gasteiger partial charge in [-0.05, 0) is 44.9 Å². The van der Waals surface area contributed by atoms with Crippen molar-refractivity contribution in [1.82, 2.24) is 15.2 Å². The molecule has 2 aromatic heterocycles. The van der Waals surface area contributed by atoms with Crippen LogP contribution in [-0.4, -0.2) is 84.6 Å². The molecule has 13 heteroatoms. The molecular weight excluding hydrogens is 580 g/mol. The van der Waals surface area contributed by atoms with Gasteiger partial charge in [0.25, 0.3) is 0 Å². The van der Waals surface area contributed by atoms with Crippen molar-refractivity contribution in [1.29, 1.82) is 0 Å². The number of nitrogens with one attached hydrogen (secondary N) is 2. The molecule has 1 aliphatic rings. The first kappa shape index (κ1) is 31.8. The summed E-state index contributed by atoms with van der Waals surface area (Å²) in [5, 5.41) is 16.5. The van der Waals surface area contributed by atoms with E-state index in [1.54, 1.807) is 16.2 Å². The highest BCUT2D eigenvalue weighted by atomic mass is 32.1. The van der Waals surface area contributed by atoms with E-state index in [9.17, 15) is 14.4 Å². The van der Waals surface area contributed by atoms with Crippen molar-refractivity contribution in [3.63, 3.8) is 0 Å². The van der Waals surface area contributed by atoms with Crippen LogP contribution >= 0.6 is 22.7 Å². The molecule has 4 rings (SSSR count). The highest BCUT2D eigenvalue weighted by Gasteiger charge is 2.31. The number of hydrogen-bond donors (Lipinski definition) is 3. The fraction of sp³-hybridized carbons (Fsp3) is 0.517. The number of nitrogens with zero attached hydrogens (tertiary/aromatic N) is 2. The molecule has 0 unspecified atom stereocenters. The number of benzene rings is 1. The molecule has 0 radical (unpaired) electrons. The van der Waals surface area contributed by atoms with Gasteiger partial charge in [0, 0.05) is 36.5 Å². The van der Waals surface area contributed by atoms with E-state index in [1.807, 2.05) is 45.0 Å². The second-order valence-electron chi connectivity index (χ2n) is 10.8. The van der Waals surface area contributed by atoms with E-state index in [2.05, 4.69) is 10.6 Å². The Kier molecular flexibility index (Phi) is 11.3. The van der Waals surface area contributed by atoms with Crippen LogP contribution in [0.2, 0.25) is 0 Å². The lowest BCUT2D eigenvalue weighted by molar-refractivity contribution is -0.138. The zero-order valence-electron chi connectivity index (χ0n) is 24.2. The molecule has 0 bridgehead atoms. The number of thiazole rings is 1. The molecule has 2 amide bonds. The van der Waals surface area contributed by atoms with Crippen molar-refractivity contribution in [2.24, 2.45) is 0 Å². The average Bonchev–Trinajstić information content (AvgIpc) is 3.50. The minimum absolute atomic E-state index is 0.0235. The van der Waals surface area contributed by atoms with E-state index < -0.39 is 11.6 Å². The quantitative estimate of drug-likeness (QED) is 0.219. The number of carbonyl (C=O) groups excluding carboxylic acids is 2. The highest BCUT2D eigenvalue weighted by molar-refractivity contribution is 7.22. The second kappa shape index (κ2) is 14.9. The molecule has 1 aliphatic heterocycles. The van der Waals surface area contributed by atoms with Gasteiger partial charge in [-0.1, -0.05) is 12.1 Å². The summed E-state index contributed by atoms with van der Waals surface area (Å²) in [6, 6.07) is 7.98. The smallest absolute Gasteiger partial charge is 0.410 e. The average molecular weight is 619 g/mol. The number of carboxylic acids is 1. The highest BCUT2D eigenvalue weighted by Crippen LogP contribution is 2.45. The number of carbonyl (C=O) groups is 3. The number of fused-ring (bicyclic) bond motifs is 2. The van der Waals surface area contributed by atoms with Crippen LogP contribution in [0.1, 0.15) is 44.1 Å². The van der Waals surface area contributed by atoms with Crippen molar-refractivity contribution in [2.45, 2.75) is 52.2 Å². The first-order chi connectivity index (χ1) is 20.1. The van der Waals surface area contributed by atoms with E-state index in [0.29, 0.717) is 52.4 Å². The number of anilines is 1. The molecule has 3 heterocycles. The first-order valence-electron chi connectivity index (χ1n) is 14.0. The maximum absolute atomic E-state index is 13.0. The largest absolute Gasteiger partial charge is 0.481 e. The monoisotopic (exact) mass is 618 g/mol. The summed E-state index contributed by atoms with van der Waals surface area (Å²) in [6.45, 7) is 8.93. The molecule has 1 aromatic carbocycles. The minimum Gasteiger partial charge on any atom is -0.481 e. The van der Waals surface area contributed by atoms with Crippen LogP contribution in [0.4, 0.5) is 9.80 Å². The van der Waals surface area contributed by atoms with Crippen LogP contribution < -0.4 is 10.6 Å². The molecule has 228 valence electrons. The van der Waals surface area contributed by atoms with Gasteiger partial charge < -0.3 is 34.9 Å². The zero-order chi connectivity index (χ0) is 30.1. The van der Waals surface area contributed by atoms with Crippen molar-refractivity contribution < 1.29 is 33.7 Å². The summed E-state index contributed by atoms with van der Waals surface area (Å²) in [4.78, 5) is 43.8. The Labute approximate surface area is 253 Å². The molecule has 0 atom stereocenters. The van der Waals surface area contributed by atoms with Crippen molar-refractivity contribution in [3.05, 3.63) is 34.7 Å². The molecule has 3 aromatic rings. The number of aliphatic carboxylic acids is 1. The first-order valence-corrected chi connectivity index (χ1v) is 15.6. The molecule has 42 heavy (non-hydrogen) atoms. The lowest BCUT2D eigenvalue weighted by atomic mass is 10.0. The third-order valence-corrected chi connectivity index (χ3v) is 8.44. The molecule has 0 saturated heterocycles. The number of hydrogen-bond acceptors (Lipinski definition) is 10. The Balaban J connectivity index is 1.34. The summed E-state index contributed by atoms with van der Waals surface area (Å²) < 4.78 is 17.3. The van der Waals surface area contributed by atoms with Crippen LogP contribution in [0, 0.1) is 0 Å². The van der Waals surface area contributed by atoms with Gasteiger partial charge in [0.05, 0.1) is 49.6 Å². The fourth-order valence-electron chi connectivity index (χ4n) is 4.32.